The summed E-state index contributed by atoms with van der Waals surface area (Å²) in [5.41, 5.74) is 2.61. The Kier molecular flexibility index (Phi) is 2.67. The van der Waals surface area contributed by atoms with E-state index in [1.54, 1.807) is 24.5 Å². The molecule has 1 heterocycles. The largest absolute Gasteiger partial charge is 0.478 e. The summed E-state index contributed by atoms with van der Waals surface area (Å²) in [6, 6.07) is 4.80. The third-order valence-corrected chi connectivity index (χ3v) is 3.18. The molecule has 0 radical (unpaired) electrons. The van der Waals surface area contributed by atoms with E-state index in [2.05, 4.69) is 4.98 Å². The third kappa shape index (κ3) is 2.03. The standard InChI is InChI=1S/C14H11FN2O2/c15-10-2-4-11(5-3-10)17-8-16-12-7-9(14(18)19)1-6-13(12)17/h1-2,4,6-8H,3,5H2,(H,18,19). The second-order valence-corrected chi connectivity index (χ2v) is 4.39. The van der Waals surface area contributed by atoms with Gasteiger partial charge >= 0.3 is 5.97 Å². The minimum atomic E-state index is -0.974. The van der Waals surface area contributed by atoms with Gasteiger partial charge < -0.3 is 9.67 Å². The van der Waals surface area contributed by atoms with Crippen LogP contribution in [0.2, 0.25) is 0 Å². The number of fused-ring (bicyclic) bond motifs is 1. The number of hydrogen-bond acceptors (Lipinski definition) is 2. The normalized spacial score (nSPS) is 15.2. The van der Waals surface area contributed by atoms with Gasteiger partial charge in [-0.25, -0.2) is 14.2 Å². The first-order valence-electron chi connectivity index (χ1n) is 5.91. The smallest absolute Gasteiger partial charge is 0.335 e. The van der Waals surface area contributed by atoms with Crippen LogP contribution >= 0.6 is 0 Å². The van der Waals surface area contributed by atoms with Crippen LogP contribution in [0.4, 0.5) is 4.39 Å². The van der Waals surface area contributed by atoms with Crippen molar-refractivity contribution < 1.29 is 14.3 Å². The van der Waals surface area contributed by atoms with Crippen LogP contribution in [0.25, 0.3) is 16.7 Å². The van der Waals surface area contributed by atoms with Crippen molar-refractivity contribution in [2.24, 2.45) is 0 Å². The molecule has 0 aliphatic heterocycles. The van der Waals surface area contributed by atoms with Gasteiger partial charge in [-0.1, -0.05) is 0 Å². The molecule has 3 rings (SSSR count). The minimum Gasteiger partial charge on any atom is -0.478 e. The Morgan fingerprint density at radius 3 is 2.84 bits per heavy atom. The zero-order chi connectivity index (χ0) is 13.4. The molecule has 1 aliphatic carbocycles. The summed E-state index contributed by atoms with van der Waals surface area (Å²) < 4.78 is 14.8. The van der Waals surface area contributed by atoms with Crippen molar-refractivity contribution >= 4 is 22.7 Å². The van der Waals surface area contributed by atoms with Gasteiger partial charge in [0.1, 0.15) is 12.2 Å². The number of carboxylic acids is 1. The number of imidazole rings is 1. The van der Waals surface area contributed by atoms with Crippen molar-refractivity contribution in [3.63, 3.8) is 0 Å². The monoisotopic (exact) mass is 258 g/mol. The van der Waals surface area contributed by atoms with E-state index in [0.717, 1.165) is 11.2 Å². The van der Waals surface area contributed by atoms with Crippen molar-refractivity contribution in [1.29, 1.82) is 0 Å². The quantitative estimate of drug-likeness (QED) is 0.899. The lowest BCUT2D eigenvalue weighted by molar-refractivity contribution is 0.0697. The molecule has 5 heteroatoms. The van der Waals surface area contributed by atoms with E-state index < -0.39 is 5.97 Å². The van der Waals surface area contributed by atoms with Crippen molar-refractivity contribution in [1.82, 2.24) is 9.55 Å². The number of benzene rings is 1. The van der Waals surface area contributed by atoms with Crippen LogP contribution in [0.1, 0.15) is 23.2 Å². The molecule has 0 fully saturated rings. The van der Waals surface area contributed by atoms with Crippen LogP contribution in [0, 0.1) is 0 Å². The van der Waals surface area contributed by atoms with Crippen LogP contribution in [0.3, 0.4) is 0 Å². The fraction of sp³-hybridized carbons (Fsp3) is 0.143. The Hall–Kier alpha value is -2.43. The third-order valence-electron chi connectivity index (χ3n) is 3.18. The molecule has 0 spiro atoms. The Morgan fingerprint density at radius 2 is 2.16 bits per heavy atom. The second kappa shape index (κ2) is 4.35. The Morgan fingerprint density at radius 1 is 1.32 bits per heavy atom. The molecular formula is C14H11FN2O2. The second-order valence-electron chi connectivity index (χ2n) is 4.39. The first kappa shape index (κ1) is 11.6. The summed E-state index contributed by atoms with van der Waals surface area (Å²) in [7, 11) is 0. The first-order valence-corrected chi connectivity index (χ1v) is 5.91. The van der Waals surface area contributed by atoms with Gasteiger partial charge in [0.25, 0.3) is 0 Å². The maximum atomic E-state index is 13.0. The van der Waals surface area contributed by atoms with E-state index in [1.807, 2.05) is 4.57 Å². The van der Waals surface area contributed by atoms with E-state index in [4.69, 9.17) is 5.11 Å². The summed E-state index contributed by atoms with van der Waals surface area (Å²) in [5.74, 6) is -1.10. The highest BCUT2D eigenvalue weighted by Crippen LogP contribution is 2.26. The Labute approximate surface area is 108 Å². The highest BCUT2D eigenvalue weighted by molar-refractivity contribution is 5.93. The van der Waals surface area contributed by atoms with Gasteiger partial charge in [0, 0.05) is 12.1 Å². The molecule has 4 nitrogen and oxygen atoms in total. The molecule has 0 saturated heterocycles. The topological polar surface area (TPSA) is 55.1 Å². The summed E-state index contributed by atoms with van der Waals surface area (Å²) in [5, 5.41) is 8.93. The molecule has 19 heavy (non-hydrogen) atoms. The fourth-order valence-corrected chi connectivity index (χ4v) is 2.18. The number of rotatable bonds is 2. The molecule has 2 aromatic rings. The molecule has 1 N–H and O–H groups in total. The number of carboxylic acid groups (broad SMARTS) is 1. The van der Waals surface area contributed by atoms with E-state index in [1.165, 1.54) is 12.1 Å². The SMILES string of the molecule is O=C(O)c1ccc2c(c1)ncn2C1=CC=C(F)CC1. The molecule has 1 aromatic heterocycles. The molecule has 0 unspecified atom stereocenters. The molecule has 0 atom stereocenters. The fourth-order valence-electron chi connectivity index (χ4n) is 2.18. The van der Waals surface area contributed by atoms with Gasteiger partial charge in [0.05, 0.1) is 16.6 Å². The number of halogens is 1. The van der Waals surface area contributed by atoms with Gasteiger partial charge in [-0.2, -0.15) is 0 Å². The van der Waals surface area contributed by atoms with Gasteiger partial charge in [-0.05, 0) is 36.8 Å². The molecule has 96 valence electrons. The molecule has 1 aromatic carbocycles. The highest BCUT2D eigenvalue weighted by atomic mass is 19.1. The molecule has 0 saturated carbocycles. The predicted molar refractivity (Wildman–Crippen MR) is 69.4 cm³/mol. The average Bonchev–Trinajstić information content (AvgIpc) is 2.82. The van der Waals surface area contributed by atoms with Crippen LogP contribution in [-0.4, -0.2) is 20.6 Å². The number of aromatic carboxylic acids is 1. The number of carbonyl (C=O) groups is 1. The van der Waals surface area contributed by atoms with E-state index in [-0.39, 0.29) is 11.4 Å². The number of nitrogens with zero attached hydrogens (tertiary/aromatic N) is 2. The van der Waals surface area contributed by atoms with E-state index >= 15 is 0 Å². The molecule has 1 aliphatic rings. The van der Waals surface area contributed by atoms with Crippen molar-refractivity contribution in [3.8, 4) is 0 Å². The Bertz CT molecular complexity index is 728. The average molecular weight is 258 g/mol. The van der Waals surface area contributed by atoms with Crippen LogP contribution in [0.15, 0.2) is 42.5 Å². The first-order chi connectivity index (χ1) is 9.15. The number of hydrogen-bond donors (Lipinski definition) is 1. The summed E-state index contributed by atoms with van der Waals surface area (Å²) in [6.45, 7) is 0. The van der Waals surface area contributed by atoms with Crippen LogP contribution in [0.5, 0.6) is 0 Å². The van der Waals surface area contributed by atoms with E-state index in [0.29, 0.717) is 18.4 Å². The summed E-state index contributed by atoms with van der Waals surface area (Å²) >= 11 is 0. The maximum Gasteiger partial charge on any atom is 0.335 e. The summed E-state index contributed by atoms with van der Waals surface area (Å²) in [4.78, 5) is 15.1. The van der Waals surface area contributed by atoms with Gasteiger partial charge in [-0.15, -0.1) is 0 Å². The van der Waals surface area contributed by atoms with Crippen LogP contribution < -0.4 is 0 Å². The lowest BCUT2D eigenvalue weighted by Crippen LogP contribution is -1.99. The van der Waals surface area contributed by atoms with Gasteiger partial charge in [0.15, 0.2) is 0 Å². The zero-order valence-electron chi connectivity index (χ0n) is 10.0. The predicted octanol–water partition coefficient (Wildman–Crippen LogP) is 3.22. The highest BCUT2D eigenvalue weighted by Gasteiger charge is 2.12. The van der Waals surface area contributed by atoms with Gasteiger partial charge in [0.2, 0.25) is 0 Å². The number of aromatic nitrogens is 2. The van der Waals surface area contributed by atoms with Gasteiger partial charge in [-0.3, -0.25) is 0 Å². The maximum absolute atomic E-state index is 13.0. The van der Waals surface area contributed by atoms with Crippen LogP contribution in [-0.2, 0) is 0 Å². The van der Waals surface area contributed by atoms with E-state index in [9.17, 15) is 9.18 Å². The molecule has 0 amide bonds. The van der Waals surface area contributed by atoms with Crippen molar-refractivity contribution in [2.75, 3.05) is 0 Å². The lowest BCUT2D eigenvalue weighted by Gasteiger charge is -2.12. The lowest BCUT2D eigenvalue weighted by atomic mass is 10.1. The molecule has 0 bridgehead atoms. The minimum absolute atomic E-state index is 0.124. The summed E-state index contributed by atoms with van der Waals surface area (Å²) in [6.07, 6.45) is 5.81. The molecular weight excluding hydrogens is 247 g/mol. The van der Waals surface area contributed by atoms with Crippen molar-refractivity contribution in [2.45, 2.75) is 12.8 Å². The van der Waals surface area contributed by atoms with Crippen molar-refractivity contribution in [3.05, 3.63) is 48.1 Å². The Balaban J connectivity index is 2.09. The zero-order valence-corrected chi connectivity index (χ0v) is 10.0. The number of allylic oxidation sites excluding steroid dienone is 4.